The molecule has 0 saturated heterocycles. The number of carboxylic acid groups (broad SMARTS) is 1. The summed E-state index contributed by atoms with van der Waals surface area (Å²) in [6.07, 6.45) is 4.24. The molecule has 8 nitrogen and oxygen atoms in total. The molecule has 2 unspecified atom stereocenters. The van der Waals surface area contributed by atoms with E-state index in [0.29, 0.717) is 23.5 Å². The number of hydrogen-bond acceptors (Lipinski definition) is 6. The van der Waals surface area contributed by atoms with Crippen molar-refractivity contribution >= 4 is 29.1 Å². The molecule has 1 heterocycles. The first-order valence-electron chi connectivity index (χ1n) is 12.2. The maximum atomic E-state index is 12.9. The van der Waals surface area contributed by atoms with Gasteiger partial charge in [0.25, 0.3) is 0 Å². The van der Waals surface area contributed by atoms with Crippen molar-refractivity contribution in [2.75, 3.05) is 22.1 Å². The third-order valence-corrected chi connectivity index (χ3v) is 6.79. The van der Waals surface area contributed by atoms with Crippen molar-refractivity contribution in [2.45, 2.75) is 69.5 Å². The van der Waals surface area contributed by atoms with Crippen molar-refractivity contribution in [2.24, 2.45) is 5.92 Å². The molecule has 2 saturated carbocycles. The van der Waals surface area contributed by atoms with Gasteiger partial charge in [0.1, 0.15) is 6.33 Å². The Morgan fingerprint density at radius 3 is 2.44 bits per heavy atom. The van der Waals surface area contributed by atoms with Gasteiger partial charge in [-0.25, -0.2) is 14.8 Å². The molecule has 2 aliphatic carbocycles. The molecule has 2 N–H and O–H groups in total. The van der Waals surface area contributed by atoms with Crippen LogP contribution in [0.1, 0.15) is 62.8 Å². The van der Waals surface area contributed by atoms with E-state index < -0.39 is 30.5 Å². The van der Waals surface area contributed by atoms with Gasteiger partial charge in [-0.3, -0.25) is 0 Å². The maximum Gasteiger partial charge on any atom is 0.389 e. The zero-order chi connectivity index (χ0) is 25.7. The molecular weight excluding hydrogens is 475 g/mol. The van der Waals surface area contributed by atoms with Crippen molar-refractivity contribution < 1.29 is 27.9 Å². The van der Waals surface area contributed by atoms with Crippen LogP contribution in [-0.2, 0) is 4.79 Å². The van der Waals surface area contributed by atoms with E-state index in [9.17, 15) is 27.9 Å². The zero-order valence-electron chi connectivity index (χ0n) is 19.8. The minimum absolute atomic E-state index is 0.0564. The molecule has 1 aromatic carbocycles. The Morgan fingerprint density at radius 1 is 1.08 bits per heavy atom. The third kappa shape index (κ3) is 6.86. The van der Waals surface area contributed by atoms with Crippen LogP contribution in [0.25, 0.3) is 0 Å². The molecule has 0 aliphatic heterocycles. The molecule has 2 aromatic rings. The first-order valence-corrected chi connectivity index (χ1v) is 12.2. The molecule has 2 atom stereocenters. The van der Waals surface area contributed by atoms with Crippen molar-refractivity contribution in [3.8, 4) is 0 Å². The van der Waals surface area contributed by atoms with E-state index in [0.717, 1.165) is 37.7 Å². The highest BCUT2D eigenvalue weighted by Gasteiger charge is 2.40. The number of urea groups is 1. The van der Waals surface area contributed by atoms with E-state index in [1.807, 2.05) is 4.90 Å². The second-order valence-electron chi connectivity index (χ2n) is 9.45. The number of amides is 2. The number of nitrogens with zero attached hydrogens (tertiary/aromatic N) is 3. The number of aliphatic carboxylic acids is 1. The third-order valence-electron chi connectivity index (χ3n) is 6.79. The maximum absolute atomic E-state index is 12.9. The summed E-state index contributed by atoms with van der Waals surface area (Å²) < 4.78 is 38.7. The fourth-order valence-corrected chi connectivity index (χ4v) is 4.95. The summed E-state index contributed by atoms with van der Waals surface area (Å²) in [5.74, 6) is -1.92. The standard InChI is InChI=1S/C25H30F3N5O3/c26-25(27,28)9-4-10-33(18-5-2-1-3-6-18)22-8-7-16(19-12-20(19)23(34)35)11-21(22)32-24(36)31-17-13-29-15-30-14-17/h7-8,11,13-15,18-20H,1-6,9-10,12H2,(H,34,35)(H2,31,32,36)/p-1. The predicted octanol–water partition coefficient (Wildman–Crippen LogP) is 4.46. The van der Waals surface area contributed by atoms with Crippen LogP contribution in [0.4, 0.5) is 35.0 Å². The second-order valence-corrected chi connectivity index (χ2v) is 9.45. The van der Waals surface area contributed by atoms with Crippen molar-refractivity contribution in [1.82, 2.24) is 9.97 Å². The topological polar surface area (TPSA) is 110 Å². The quantitative estimate of drug-likeness (QED) is 0.522. The predicted molar refractivity (Wildman–Crippen MR) is 126 cm³/mol. The highest BCUT2D eigenvalue weighted by Crippen LogP contribution is 2.48. The molecule has 4 rings (SSSR count). The molecule has 36 heavy (non-hydrogen) atoms. The van der Waals surface area contributed by atoms with Crippen LogP contribution >= 0.6 is 0 Å². The molecule has 0 spiro atoms. The SMILES string of the molecule is O=C(Nc1cncnc1)Nc1cc(C2CC2C(=O)[O-])ccc1N(CCCC(F)(F)F)C1CCCCC1. The Labute approximate surface area is 207 Å². The highest BCUT2D eigenvalue weighted by molar-refractivity contribution is 6.01. The number of benzene rings is 1. The number of alkyl halides is 3. The first kappa shape index (κ1) is 25.7. The number of carboxylic acids is 1. The van der Waals surface area contributed by atoms with Crippen LogP contribution in [-0.4, -0.2) is 40.7 Å². The average Bonchev–Trinajstić information content (AvgIpc) is 3.64. The van der Waals surface area contributed by atoms with Crippen LogP contribution in [0.3, 0.4) is 0 Å². The lowest BCUT2D eigenvalue weighted by Gasteiger charge is -2.37. The molecule has 0 bridgehead atoms. The average molecular weight is 505 g/mol. The van der Waals surface area contributed by atoms with Crippen LogP contribution in [0.15, 0.2) is 36.9 Å². The van der Waals surface area contributed by atoms with Gasteiger partial charge in [0.15, 0.2) is 0 Å². The summed E-state index contributed by atoms with van der Waals surface area (Å²) in [5, 5.41) is 16.8. The zero-order valence-corrected chi connectivity index (χ0v) is 19.8. The normalized spacial score (nSPS) is 20.0. The summed E-state index contributed by atoms with van der Waals surface area (Å²) >= 11 is 0. The highest BCUT2D eigenvalue weighted by atomic mass is 19.4. The largest absolute Gasteiger partial charge is 0.550 e. The Kier molecular flexibility index (Phi) is 7.95. The van der Waals surface area contributed by atoms with Gasteiger partial charge in [0.2, 0.25) is 0 Å². The number of carbonyl (C=O) groups excluding carboxylic acids is 2. The number of rotatable bonds is 9. The lowest BCUT2D eigenvalue weighted by atomic mass is 9.93. The first-order chi connectivity index (χ1) is 17.2. The van der Waals surface area contributed by atoms with Crippen LogP contribution in [0.2, 0.25) is 0 Å². The minimum Gasteiger partial charge on any atom is -0.550 e. The van der Waals surface area contributed by atoms with E-state index in [-0.39, 0.29) is 24.9 Å². The smallest absolute Gasteiger partial charge is 0.389 e. The number of halogens is 3. The van der Waals surface area contributed by atoms with Gasteiger partial charge in [-0.1, -0.05) is 25.3 Å². The van der Waals surface area contributed by atoms with Gasteiger partial charge in [0.05, 0.1) is 29.5 Å². The van der Waals surface area contributed by atoms with Gasteiger partial charge in [-0.05, 0) is 49.3 Å². The molecule has 194 valence electrons. The molecule has 2 fully saturated rings. The molecule has 2 amide bonds. The van der Waals surface area contributed by atoms with Crippen LogP contribution in [0.5, 0.6) is 0 Å². The van der Waals surface area contributed by atoms with E-state index in [1.165, 1.54) is 18.7 Å². The van der Waals surface area contributed by atoms with E-state index in [4.69, 9.17) is 0 Å². The monoisotopic (exact) mass is 504 g/mol. The number of carbonyl (C=O) groups is 2. The van der Waals surface area contributed by atoms with Gasteiger partial charge in [-0.2, -0.15) is 13.2 Å². The summed E-state index contributed by atoms with van der Waals surface area (Å²) in [6, 6.07) is 4.80. The minimum atomic E-state index is -4.24. The van der Waals surface area contributed by atoms with Gasteiger partial charge in [-0.15, -0.1) is 0 Å². The van der Waals surface area contributed by atoms with Gasteiger partial charge >= 0.3 is 12.2 Å². The lowest BCUT2D eigenvalue weighted by Crippen LogP contribution is -2.38. The van der Waals surface area contributed by atoms with E-state index in [2.05, 4.69) is 20.6 Å². The van der Waals surface area contributed by atoms with Crippen molar-refractivity contribution in [1.29, 1.82) is 0 Å². The van der Waals surface area contributed by atoms with E-state index >= 15 is 0 Å². The Balaban J connectivity index is 1.62. The van der Waals surface area contributed by atoms with Crippen LogP contribution < -0.4 is 20.6 Å². The Morgan fingerprint density at radius 2 is 1.81 bits per heavy atom. The summed E-state index contributed by atoms with van der Waals surface area (Å²) in [5.41, 5.74) is 2.16. The molecule has 1 aromatic heterocycles. The van der Waals surface area contributed by atoms with Crippen LogP contribution in [0, 0.1) is 5.92 Å². The van der Waals surface area contributed by atoms with Gasteiger partial charge in [0, 0.05) is 30.9 Å². The summed E-state index contributed by atoms with van der Waals surface area (Å²) in [7, 11) is 0. The fourth-order valence-electron chi connectivity index (χ4n) is 4.95. The Hall–Kier alpha value is -3.37. The molecule has 0 radical (unpaired) electrons. The Bertz CT molecular complexity index is 1060. The number of anilines is 3. The number of hydrogen-bond donors (Lipinski definition) is 2. The van der Waals surface area contributed by atoms with Gasteiger partial charge < -0.3 is 25.4 Å². The van der Waals surface area contributed by atoms with Crippen molar-refractivity contribution in [3.63, 3.8) is 0 Å². The number of aromatic nitrogens is 2. The molecular formula is C25H29F3N5O3-. The second kappa shape index (κ2) is 11.1. The van der Waals surface area contributed by atoms with Crippen molar-refractivity contribution in [3.05, 3.63) is 42.5 Å². The molecule has 2 aliphatic rings. The summed E-state index contributed by atoms with van der Waals surface area (Å²) in [6.45, 7) is 0.192. The lowest BCUT2D eigenvalue weighted by molar-refractivity contribution is -0.308. The fraction of sp³-hybridized carbons (Fsp3) is 0.520. The molecule has 11 heteroatoms. The van der Waals surface area contributed by atoms with E-state index in [1.54, 1.807) is 18.2 Å². The summed E-state index contributed by atoms with van der Waals surface area (Å²) in [4.78, 5) is 33.8. The number of nitrogens with one attached hydrogen (secondary N) is 2.